The Kier molecular flexibility index (Phi) is 8.07. The van der Waals surface area contributed by atoms with Gasteiger partial charge in [-0.2, -0.15) is 4.98 Å². The molecule has 1 saturated heterocycles. The zero-order valence-electron chi connectivity index (χ0n) is 17.5. The molecule has 162 valence electrons. The van der Waals surface area contributed by atoms with Crippen molar-refractivity contribution in [3.63, 3.8) is 0 Å². The maximum absolute atomic E-state index is 11.6. The van der Waals surface area contributed by atoms with Crippen molar-refractivity contribution in [2.24, 2.45) is 10.9 Å². The van der Waals surface area contributed by atoms with E-state index in [1.165, 1.54) is 0 Å². The van der Waals surface area contributed by atoms with E-state index in [4.69, 9.17) is 21.1 Å². The number of carbonyl (C=O) groups excluding carboxylic acids is 1. The van der Waals surface area contributed by atoms with Gasteiger partial charge in [0.2, 0.25) is 17.6 Å². The zero-order chi connectivity index (χ0) is 21.3. The van der Waals surface area contributed by atoms with E-state index in [-0.39, 0.29) is 5.91 Å². The van der Waals surface area contributed by atoms with Crippen LogP contribution in [0.1, 0.15) is 32.1 Å². The Labute approximate surface area is 182 Å². The van der Waals surface area contributed by atoms with E-state index >= 15 is 0 Å². The number of guanidine groups is 1. The number of piperidine rings is 1. The van der Waals surface area contributed by atoms with Gasteiger partial charge in [0.15, 0.2) is 5.96 Å². The van der Waals surface area contributed by atoms with E-state index in [1.54, 1.807) is 7.05 Å². The molecule has 1 fully saturated rings. The highest BCUT2D eigenvalue weighted by molar-refractivity contribution is 6.30. The van der Waals surface area contributed by atoms with Gasteiger partial charge in [-0.3, -0.25) is 9.79 Å². The first-order valence-corrected chi connectivity index (χ1v) is 10.8. The summed E-state index contributed by atoms with van der Waals surface area (Å²) in [5.74, 6) is 2.53. The second-order valence-corrected chi connectivity index (χ2v) is 7.75. The lowest BCUT2D eigenvalue weighted by Gasteiger charge is -2.34. The fourth-order valence-electron chi connectivity index (χ4n) is 3.50. The van der Waals surface area contributed by atoms with Gasteiger partial charge in [-0.25, -0.2) is 0 Å². The molecule has 0 spiro atoms. The van der Waals surface area contributed by atoms with E-state index in [0.29, 0.717) is 42.0 Å². The molecule has 2 N–H and O–H groups in total. The van der Waals surface area contributed by atoms with Crippen LogP contribution in [0.3, 0.4) is 0 Å². The third-order valence-electron chi connectivity index (χ3n) is 5.14. The van der Waals surface area contributed by atoms with Crippen LogP contribution in [0.4, 0.5) is 0 Å². The first-order valence-electron chi connectivity index (χ1n) is 10.4. The third-order valence-corrected chi connectivity index (χ3v) is 5.38. The SMILES string of the molecule is CCNC(=NCCc1nc(-c2cccc(Cl)c2)no1)N1CCC(CC(=O)NC)CC1. The second-order valence-electron chi connectivity index (χ2n) is 7.32. The van der Waals surface area contributed by atoms with Crippen LogP contribution in [0.15, 0.2) is 33.8 Å². The smallest absolute Gasteiger partial charge is 0.228 e. The molecule has 1 aromatic carbocycles. The van der Waals surface area contributed by atoms with Crippen molar-refractivity contribution < 1.29 is 9.32 Å². The Morgan fingerprint density at radius 2 is 2.17 bits per heavy atom. The number of benzene rings is 1. The molecule has 0 aliphatic carbocycles. The average Bonchev–Trinajstić information content (AvgIpc) is 3.23. The molecule has 0 radical (unpaired) electrons. The van der Waals surface area contributed by atoms with Crippen LogP contribution < -0.4 is 10.6 Å². The topological polar surface area (TPSA) is 95.7 Å². The minimum Gasteiger partial charge on any atom is -0.359 e. The first-order chi connectivity index (χ1) is 14.6. The van der Waals surface area contributed by atoms with Gasteiger partial charge >= 0.3 is 0 Å². The Balaban J connectivity index is 1.54. The Morgan fingerprint density at radius 3 is 2.87 bits per heavy atom. The minimum absolute atomic E-state index is 0.116. The van der Waals surface area contributed by atoms with Crippen LogP contribution >= 0.6 is 11.6 Å². The molecule has 2 aromatic rings. The van der Waals surface area contributed by atoms with E-state index < -0.39 is 0 Å². The average molecular weight is 433 g/mol. The van der Waals surface area contributed by atoms with Crippen molar-refractivity contribution in [3.8, 4) is 11.4 Å². The summed E-state index contributed by atoms with van der Waals surface area (Å²) in [6.07, 6.45) is 3.15. The highest BCUT2D eigenvalue weighted by Gasteiger charge is 2.23. The molecular weight excluding hydrogens is 404 g/mol. The van der Waals surface area contributed by atoms with E-state index in [1.807, 2.05) is 24.3 Å². The zero-order valence-corrected chi connectivity index (χ0v) is 18.3. The van der Waals surface area contributed by atoms with Crippen molar-refractivity contribution >= 4 is 23.5 Å². The Bertz CT molecular complexity index is 861. The van der Waals surface area contributed by atoms with E-state index in [9.17, 15) is 4.79 Å². The van der Waals surface area contributed by atoms with Gasteiger partial charge in [-0.05, 0) is 37.8 Å². The summed E-state index contributed by atoms with van der Waals surface area (Å²) in [4.78, 5) is 23.0. The van der Waals surface area contributed by atoms with Gasteiger partial charge in [0, 0.05) is 50.1 Å². The fourth-order valence-corrected chi connectivity index (χ4v) is 3.69. The number of nitrogens with zero attached hydrogens (tertiary/aromatic N) is 4. The number of nitrogens with one attached hydrogen (secondary N) is 2. The normalized spacial score (nSPS) is 15.3. The van der Waals surface area contributed by atoms with Crippen LogP contribution in [-0.2, 0) is 11.2 Å². The predicted molar refractivity (Wildman–Crippen MR) is 117 cm³/mol. The van der Waals surface area contributed by atoms with Gasteiger partial charge in [0.25, 0.3) is 0 Å². The van der Waals surface area contributed by atoms with Crippen LogP contribution in [0.5, 0.6) is 0 Å². The number of aromatic nitrogens is 2. The predicted octanol–water partition coefficient (Wildman–Crippen LogP) is 2.75. The standard InChI is InChI=1S/C21H29ClN6O2/c1-3-24-21(28-11-8-15(9-12-28)13-18(29)23-2)25-10-7-19-26-20(27-30-19)16-5-4-6-17(22)14-16/h4-6,14-15H,3,7-13H2,1-2H3,(H,23,29)(H,24,25). The monoisotopic (exact) mass is 432 g/mol. The number of aliphatic imine (C=N–C) groups is 1. The number of hydrogen-bond acceptors (Lipinski definition) is 5. The van der Waals surface area contributed by atoms with Crippen molar-refractivity contribution in [1.82, 2.24) is 25.7 Å². The molecule has 1 aromatic heterocycles. The summed E-state index contributed by atoms with van der Waals surface area (Å²) in [7, 11) is 1.69. The largest absolute Gasteiger partial charge is 0.359 e. The van der Waals surface area contributed by atoms with Gasteiger partial charge < -0.3 is 20.1 Å². The highest BCUT2D eigenvalue weighted by atomic mass is 35.5. The molecule has 0 atom stereocenters. The van der Waals surface area contributed by atoms with Gasteiger partial charge in [-0.1, -0.05) is 28.9 Å². The van der Waals surface area contributed by atoms with Gasteiger partial charge in [0.1, 0.15) is 0 Å². The van der Waals surface area contributed by atoms with Crippen LogP contribution in [0.2, 0.25) is 5.02 Å². The maximum Gasteiger partial charge on any atom is 0.228 e. The number of amides is 1. The van der Waals surface area contributed by atoms with E-state index in [2.05, 4.69) is 32.6 Å². The number of likely N-dealkylation sites (tertiary alicyclic amines) is 1. The van der Waals surface area contributed by atoms with Crippen molar-refractivity contribution in [2.45, 2.75) is 32.6 Å². The Hall–Kier alpha value is -2.61. The summed E-state index contributed by atoms with van der Waals surface area (Å²) in [5, 5.41) is 10.7. The molecule has 0 saturated carbocycles. The summed E-state index contributed by atoms with van der Waals surface area (Å²) >= 11 is 6.03. The lowest BCUT2D eigenvalue weighted by molar-refractivity contribution is -0.121. The molecule has 0 unspecified atom stereocenters. The summed E-state index contributed by atoms with van der Waals surface area (Å²) in [6.45, 7) is 5.21. The lowest BCUT2D eigenvalue weighted by atomic mass is 9.93. The van der Waals surface area contributed by atoms with Gasteiger partial charge in [0.05, 0.1) is 6.54 Å². The highest BCUT2D eigenvalue weighted by Crippen LogP contribution is 2.21. The van der Waals surface area contributed by atoms with Gasteiger partial charge in [-0.15, -0.1) is 0 Å². The van der Waals surface area contributed by atoms with E-state index in [0.717, 1.165) is 44.0 Å². The number of halogens is 1. The molecule has 8 nitrogen and oxygen atoms in total. The number of hydrogen-bond donors (Lipinski definition) is 2. The fraction of sp³-hybridized carbons (Fsp3) is 0.524. The molecule has 1 aliphatic heterocycles. The van der Waals surface area contributed by atoms with Crippen molar-refractivity contribution in [1.29, 1.82) is 0 Å². The molecular formula is C21H29ClN6O2. The first kappa shape index (κ1) is 22.1. The molecule has 30 heavy (non-hydrogen) atoms. The quantitative estimate of drug-likeness (QED) is 0.516. The van der Waals surface area contributed by atoms with Crippen LogP contribution in [0, 0.1) is 5.92 Å². The number of rotatable bonds is 7. The summed E-state index contributed by atoms with van der Waals surface area (Å²) in [6, 6.07) is 7.38. The molecule has 1 aliphatic rings. The second kappa shape index (κ2) is 11.0. The minimum atomic E-state index is 0.116. The van der Waals surface area contributed by atoms with Crippen LogP contribution in [0.25, 0.3) is 11.4 Å². The molecule has 1 amide bonds. The summed E-state index contributed by atoms with van der Waals surface area (Å²) in [5.41, 5.74) is 0.828. The molecule has 2 heterocycles. The number of carbonyl (C=O) groups is 1. The molecule has 3 rings (SSSR count). The Morgan fingerprint density at radius 1 is 1.37 bits per heavy atom. The maximum atomic E-state index is 11.6. The summed E-state index contributed by atoms with van der Waals surface area (Å²) < 4.78 is 5.36. The van der Waals surface area contributed by atoms with Crippen molar-refractivity contribution in [2.75, 3.05) is 33.2 Å². The van der Waals surface area contributed by atoms with Crippen molar-refractivity contribution in [3.05, 3.63) is 35.2 Å². The molecule has 0 bridgehead atoms. The third kappa shape index (κ3) is 6.19. The van der Waals surface area contributed by atoms with Crippen LogP contribution in [-0.4, -0.2) is 60.1 Å². The lowest BCUT2D eigenvalue weighted by Crippen LogP contribution is -2.46. The molecule has 9 heteroatoms.